The molecule has 0 N–H and O–H groups in total. The maximum absolute atomic E-state index is 11.8. The Hall–Kier alpha value is -0.580. The lowest BCUT2D eigenvalue weighted by atomic mass is 9.94. The van der Waals surface area contributed by atoms with Gasteiger partial charge in [-0.25, -0.2) is 0 Å². The van der Waals surface area contributed by atoms with E-state index >= 15 is 0 Å². The summed E-state index contributed by atoms with van der Waals surface area (Å²) < 4.78 is 40.7. The van der Waals surface area contributed by atoms with E-state index in [-0.39, 0.29) is 0 Å². The van der Waals surface area contributed by atoms with Crippen molar-refractivity contribution in [1.29, 1.82) is 0 Å². The Morgan fingerprint density at radius 2 is 2.14 bits per heavy atom. The Bertz CT molecular complexity index is 217. The number of ketones is 1. The molecule has 14 heavy (non-hydrogen) atoms. The minimum Gasteiger partial charge on any atom is -0.368 e. The number of ether oxygens (including phenoxy) is 1. The maximum atomic E-state index is 11.8. The average Bonchev–Trinajstić information content (AvgIpc) is 2.48. The predicted molar refractivity (Wildman–Crippen MR) is 43.9 cm³/mol. The summed E-state index contributed by atoms with van der Waals surface area (Å²) in [5.74, 6) is -0.438. The van der Waals surface area contributed by atoms with Crippen LogP contribution in [0.2, 0.25) is 0 Å². The topological polar surface area (TPSA) is 26.3 Å². The maximum Gasteiger partial charge on any atom is 0.389 e. The highest BCUT2D eigenvalue weighted by Crippen LogP contribution is 2.30. The van der Waals surface area contributed by atoms with E-state index in [9.17, 15) is 18.0 Å². The van der Waals surface area contributed by atoms with Gasteiger partial charge in [0, 0.05) is 13.0 Å². The van der Waals surface area contributed by atoms with Gasteiger partial charge in [0.15, 0.2) is 5.78 Å². The first-order chi connectivity index (χ1) is 6.33. The number of halogens is 3. The summed E-state index contributed by atoms with van der Waals surface area (Å²) in [4.78, 5) is 11.4. The summed E-state index contributed by atoms with van der Waals surface area (Å²) in [6.45, 7) is 2.03. The van der Waals surface area contributed by atoms with Gasteiger partial charge in [0.2, 0.25) is 0 Å². The summed E-state index contributed by atoms with van der Waals surface area (Å²) in [5.41, 5.74) is -0.967. The van der Waals surface area contributed by atoms with E-state index in [1.54, 1.807) is 6.92 Å². The van der Waals surface area contributed by atoms with Crippen molar-refractivity contribution in [3.8, 4) is 0 Å². The molecule has 1 heterocycles. The zero-order valence-electron chi connectivity index (χ0n) is 7.99. The van der Waals surface area contributed by atoms with Crippen molar-refractivity contribution < 1.29 is 22.7 Å². The van der Waals surface area contributed by atoms with Crippen LogP contribution in [-0.2, 0) is 9.53 Å². The number of hydrogen-bond donors (Lipinski definition) is 0. The first-order valence-electron chi connectivity index (χ1n) is 4.57. The molecule has 0 radical (unpaired) electrons. The minimum atomic E-state index is -4.26. The third kappa shape index (κ3) is 2.97. The lowest BCUT2D eigenvalue weighted by molar-refractivity contribution is -0.152. The summed E-state index contributed by atoms with van der Waals surface area (Å²) in [6, 6.07) is 0. The highest BCUT2D eigenvalue weighted by molar-refractivity contribution is 5.87. The lowest BCUT2D eigenvalue weighted by Gasteiger charge is -2.21. The summed E-state index contributed by atoms with van der Waals surface area (Å²) in [6.07, 6.45) is -4.51. The zero-order chi connectivity index (χ0) is 10.8. The van der Waals surface area contributed by atoms with Crippen LogP contribution >= 0.6 is 0 Å². The predicted octanol–water partition coefficient (Wildman–Crippen LogP) is 2.47. The summed E-state index contributed by atoms with van der Waals surface area (Å²) >= 11 is 0. The Kier molecular flexibility index (Phi) is 3.19. The molecule has 0 spiro atoms. The number of alkyl halides is 3. The first-order valence-corrected chi connectivity index (χ1v) is 4.57. The van der Waals surface area contributed by atoms with E-state index in [4.69, 9.17) is 4.74 Å². The molecule has 0 aromatic heterocycles. The number of carbonyl (C=O) groups excluding carboxylic acids is 1. The molecule has 1 aliphatic rings. The van der Waals surface area contributed by atoms with Crippen LogP contribution in [0.15, 0.2) is 0 Å². The van der Waals surface area contributed by atoms with Gasteiger partial charge in [0.25, 0.3) is 0 Å². The van der Waals surface area contributed by atoms with Crippen LogP contribution < -0.4 is 0 Å². The molecule has 1 rings (SSSR count). The van der Waals surface area contributed by atoms with Gasteiger partial charge in [0.1, 0.15) is 5.60 Å². The van der Waals surface area contributed by atoms with Gasteiger partial charge in [0.05, 0.1) is 6.42 Å². The number of carbonyl (C=O) groups is 1. The Morgan fingerprint density at radius 3 is 2.57 bits per heavy atom. The summed E-state index contributed by atoms with van der Waals surface area (Å²) in [5, 5.41) is 0. The molecule has 1 aliphatic heterocycles. The standard InChI is InChI=1S/C9H13F3O2/c1-8(4-2-6-14-8)7(13)3-5-9(10,11)12/h2-6H2,1H3. The summed E-state index contributed by atoms with van der Waals surface area (Å²) in [7, 11) is 0. The second-order valence-corrected chi connectivity index (χ2v) is 3.72. The molecule has 2 nitrogen and oxygen atoms in total. The van der Waals surface area contributed by atoms with E-state index in [0.29, 0.717) is 13.0 Å². The molecule has 0 aromatic rings. The molecule has 0 saturated carbocycles. The first kappa shape index (κ1) is 11.5. The lowest BCUT2D eigenvalue weighted by Crippen LogP contribution is -2.34. The molecule has 1 atom stereocenters. The second kappa shape index (κ2) is 3.88. The zero-order valence-corrected chi connectivity index (χ0v) is 7.99. The molecular weight excluding hydrogens is 197 g/mol. The van der Waals surface area contributed by atoms with Crippen LogP contribution in [0.1, 0.15) is 32.6 Å². The molecular formula is C9H13F3O2. The van der Waals surface area contributed by atoms with E-state index in [1.807, 2.05) is 0 Å². The van der Waals surface area contributed by atoms with Crippen molar-refractivity contribution in [2.45, 2.75) is 44.4 Å². The Morgan fingerprint density at radius 1 is 1.50 bits per heavy atom. The monoisotopic (exact) mass is 210 g/mol. The van der Waals surface area contributed by atoms with Crippen LogP contribution in [0.25, 0.3) is 0 Å². The smallest absolute Gasteiger partial charge is 0.368 e. The van der Waals surface area contributed by atoms with Crippen molar-refractivity contribution in [3.05, 3.63) is 0 Å². The molecule has 0 bridgehead atoms. The highest BCUT2D eigenvalue weighted by atomic mass is 19.4. The SMILES string of the molecule is CC1(C(=O)CCC(F)(F)F)CCCO1. The normalized spacial score (nSPS) is 28.0. The molecule has 5 heteroatoms. The third-order valence-electron chi connectivity index (χ3n) is 2.44. The van der Waals surface area contributed by atoms with Crippen LogP contribution in [0.5, 0.6) is 0 Å². The van der Waals surface area contributed by atoms with Gasteiger partial charge >= 0.3 is 6.18 Å². The molecule has 0 aromatic carbocycles. The van der Waals surface area contributed by atoms with Crippen molar-refractivity contribution in [1.82, 2.24) is 0 Å². The van der Waals surface area contributed by atoms with E-state index in [2.05, 4.69) is 0 Å². The highest BCUT2D eigenvalue weighted by Gasteiger charge is 2.39. The van der Waals surface area contributed by atoms with Gasteiger partial charge in [-0.3, -0.25) is 4.79 Å². The van der Waals surface area contributed by atoms with Gasteiger partial charge in [-0.1, -0.05) is 0 Å². The van der Waals surface area contributed by atoms with Crippen molar-refractivity contribution >= 4 is 5.78 Å². The average molecular weight is 210 g/mol. The van der Waals surface area contributed by atoms with Gasteiger partial charge in [-0.2, -0.15) is 13.2 Å². The van der Waals surface area contributed by atoms with E-state index < -0.39 is 30.4 Å². The number of Topliss-reactive ketones (excluding diaryl/α,β-unsaturated/α-hetero) is 1. The minimum absolute atomic E-state index is 0.438. The second-order valence-electron chi connectivity index (χ2n) is 3.72. The van der Waals surface area contributed by atoms with Crippen LogP contribution in [0, 0.1) is 0 Å². The van der Waals surface area contributed by atoms with Gasteiger partial charge in [-0.05, 0) is 19.8 Å². The van der Waals surface area contributed by atoms with E-state index in [0.717, 1.165) is 6.42 Å². The molecule has 1 fully saturated rings. The van der Waals surface area contributed by atoms with Crippen molar-refractivity contribution in [2.24, 2.45) is 0 Å². The van der Waals surface area contributed by atoms with Gasteiger partial charge < -0.3 is 4.74 Å². The molecule has 82 valence electrons. The Balaban J connectivity index is 2.42. The molecule has 1 unspecified atom stereocenters. The molecule has 0 amide bonds. The van der Waals surface area contributed by atoms with Gasteiger partial charge in [-0.15, -0.1) is 0 Å². The van der Waals surface area contributed by atoms with Crippen molar-refractivity contribution in [3.63, 3.8) is 0 Å². The largest absolute Gasteiger partial charge is 0.389 e. The fourth-order valence-corrected chi connectivity index (χ4v) is 1.52. The molecule has 1 saturated heterocycles. The number of rotatable bonds is 3. The quantitative estimate of drug-likeness (QED) is 0.715. The van der Waals surface area contributed by atoms with Crippen LogP contribution in [-0.4, -0.2) is 24.2 Å². The van der Waals surface area contributed by atoms with Crippen LogP contribution in [0.3, 0.4) is 0 Å². The molecule has 0 aliphatic carbocycles. The van der Waals surface area contributed by atoms with E-state index in [1.165, 1.54) is 0 Å². The van der Waals surface area contributed by atoms with Crippen LogP contribution in [0.4, 0.5) is 13.2 Å². The fourth-order valence-electron chi connectivity index (χ4n) is 1.52. The van der Waals surface area contributed by atoms with Crippen molar-refractivity contribution in [2.75, 3.05) is 6.61 Å². The Labute approximate surface area is 80.4 Å². The number of hydrogen-bond acceptors (Lipinski definition) is 2. The fraction of sp³-hybridized carbons (Fsp3) is 0.889. The third-order valence-corrected chi connectivity index (χ3v) is 2.44.